The first kappa shape index (κ1) is 16.1. The zero-order valence-corrected chi connectivity index (χ0v) is 14.9. The van der Waals surface area contributed by atoms with Crippen LogP contribution in [0.1, 0.15) is 16.0 Å². The molecule has 6 heteroatoms. The van der Waals surface area contributed by atoms with E-state index < -0.39 is 0 Å². The number of ether oxygens (including phenoxy) is 1. The van der Waals surface area contributed by atoms with Crippen LogP contribution in [-0.2, 0) is 0 Å². The van der Waals surface area contributed by atoms with E-state index in [2.05, 4.69) is 31.9 Å². The zero-order chi connectivity index (χ0) is 14.9. The molecule has 106 valence electrons. The largest absolute Gasteiger partial charge is 0.495 e. The molecule has 0 aromatic heterocycles. The van der Waals surface area contributed by atoms with Gasteiger partial charge in [-0.2, -0.15) is 0 Å². The quantitative estimate of drug-likeness (QED) is 0.500. The van der Waals surface area contributed by atoms with Crippen LogP contribution in [-0.4, -0.2) is 7.11 Å². The number of methoxy groups -OCH3 is 1. The SMILES string of the molecule is COc1cc(Cl)c(C(Br)c2cccc(F)c2Br)cc1Cl. The molecule has 0 N–H and O–H groups in total. The molecule has 0 radical (unpaired) electrons. The number of benzene rings is 2. The highest BCUT2D eigenvalue weighted by Gasteiger charge is 2.20. The molecule has 0 bridgehead atoms. The summed E-state index contributed by atoms with van der Waals surface area (Å²) >= 11 is 19.1. The van der Waals surface area contributed by atoms with Crippen molar-refractivity contribution in [3.05, 3.63) is 61.8 Å². The minimum Gasteiger partial charge on any atom is -0.495 e. The molecule has 2 aromatic carbocycles. The van der Waals surface area contributed by atoms with Crippen LogP contribution >= 0.6 is 55.1 Å². The number of alkyl halides is 1. The van der Waals surface area contributed by atoms with E-state index >= 15 is 0 Å². The summed E-state index contributed by atoms with van der Waals surface area (Å²) < 4.78 is 19.1. The fraction of sp³-hybridized carbons (Fsp3) is 0.143. The number of halogens is 5. The lowest BCUT2D eigenvalue weighted by Crippen LogP contribution is -1.98. The lowest BCUT2D eigenvalue weighted by molar-refractivity contribution is 0.415. The molecular weight excluding hydrogens is 434 g/mol. The first-order valence-corrected chi connectivity index (χ1v) is 8.03. The van der Waals surface area contributed by atoms with Crippen molar-refractivity contribution >= 4 is 55.1 Å². The van der Waals surface area contributed by atoms with Gasteiger partial charge >= 0.3 is 0 Å². The molecule has 0 amide bonds. The zero-order valence-electron chi connectivity index (χ0n) is 10.3. The van der Waals surface area contributed by atoms with E-state index in [-0.39, 0.29) is 10.6 Å². The molecule has 0 spiro atoms. The second kappa shape index (κ2) is 6.65. The third kappa shape index (κ3) is 3.14. The van der Waals surface area contributed by atoms with Crippen molar-refractivity contribution in [2.24, 2.45) is 0 Å². The van der Waals surface area contributed by atoms with Gasteiger partial charge in [-0.15, -0.1) is 0 Å². The summed E-state index contributed by atoms with van der Waals surface area (Å²) in [6, 6.07) is 8.18. The number of rotatable bonds is 3. The van der Waals surface area contributed by atoms with Crippen LogP contribution in [0.4, 0.5) is 4.39 Å². The molecule has 1 nitrogen and oxygen atoms in total. The molecule has 20 heavy (non-hydrogen) atoms. The van der Waals surface area contributed by atoms with Crippen LogP contribution < -0.4 is 4.74 Å². The molecule has 0 saturated carbocycles. The highest BCUT2D eigenvalue weighted by Crippen LogP contribution is 2.42. The Kier molecular flexibility index (Phi) is 5.35. The van der Waals surface area contributed by atoms with Gasteiger partial charge in [0, 0.05) is 11.1 Å². The Morgan fingerprint density at radius 2 is 1.85 bits per heavy atom. The van der Waals surface area contributed by atoms with Crippen molar-refractivity contribution < 1.29 is 9.13 Å². The van der Waals surface area contributed by atoms with Gasteiger partial charge in [-0.25, -0.2) is 4.39 Å². The molecule has 2 aromatic rings. The molecule has 1 unspecified atom stereocenters. The van der Waals surface area contributed by atoms with E-state index in [9.17, 15) is 4.39 Å². The summed E-state index contributed by atoms with van der Waals surface area (Å²) in [5.74, 6) is 0.168. The maximum absolute atomic E-state index is 13.6. The van der Waals surface area contributed by atoms with E-state index in [1.165, 1.54) is 13.2 Å². The van der Waals surface area contributed by atoms with Gasteiger partial charge in [-0.3, -0.25) is 0 Å². The Bertz CT molecular complexity index is 649. The molecule has 0 aliphatic rings. The van der Waals surface area contributed by atoms with Gasteiger partial charge in [-0.05, 0) is 39.2 Å². The van der Waals surface area contributed by atoms with Crippen LogP contribution in [0.15, 0.2) is 34.8 Å². The van der Waals surface area contributed by atoms with Crippen molar-refractivity contribution in [2.75, 3.05) is 7.11 Å². The summed E-state index contributed by atoms with van der Waals surface area (Å²) in [5, 5.41) is 0.938. The fourth-order valence-electron chi connectivity index (χ4n) is 1.78. The summed E-state index contributed by atoms with van der Waals surface area (Å²) in [4.78, 5) is -0.288. The standard InChI is InChI=1S/C14H9Br2Cl2FO/c1-20-12-6-9(17)8(5-10(12)18)13(15)7-3-2-4-11(19)14(7)16/h2-6,13H,1H3. The molecule has 0 aliphatic carbocycles. The second-order valence-corrected chi connectivity index (χ2v) is 6.54. The maximum atomic E-state index is 13.6. The van der Waals surface area contributed by atoms with Crippen molar-refractivity contribution in [1.82, 2.24) is 0 Å². The third-order valence-electron chi connectivity index (χ3n) is 2.80. The predicted molar refractivity (Wildman–Crippen MR) is 87.9 cm³/mol. The van der Waals surface area contributed by atoms with Gasteiger partial charge < -0.3 is 4.74 Å². The highest BCUT2D eigenvalue weighted by molar-refractivity contribution is 9.11. The average molecular weight is 443 g/mol. The summed E-state index contributed by atoms with van der Waals surface area (Å²) in [6.07, 6.45) is 0. The number of hydrogen-bond acceptors (Lipinski definition) is 1. The van der Waals surface area contributed by atoms with Gasteiger partial charge in [0.05, 0.1) is 21.4 Å². The van der Waals surface area contributed by atoms with Crippen LogP contribution in [0, 0.1) is 5.82 Å². The van der Waals surface area contributed by atoms with Crippen molar-refractivity contribution in [3.63, 3.8) is 0 Å². The maximum Gasteiger partial charge on any atom is 0.138 e. The molecular formula is C14H9Br2Cl2FO. The van der Waals surface area contributed by atoms with Crippen LogP contribution in [0.5, 0.6) is 5.75 Å². The molecule has 0 fully saturated rings. The Morgan fingerprint density at radius 1 is 1.15 bits per heavy atom. The predicted octanol–water partition coefficient (Wildman–Crippen LogP) is 6.39. The fourth-order valence-corrected chi connectivity index (χ4v) is 3.98. The normalized spacial score (nSPS) is 12.3. The first-order valence-electron chi connectivity index (χ1n) is 5.56. The minimum absolute atomic E-state index is 0.288. The topological polar surface area (TPSA) is 9.23 Å². The van der Waals surface area contributed by atoms with Crippen molar-refractivity contribution in [3.8, 4) is 5.75 Å². The van der Waals surface area contributed by atoms with Gasteiger partial charge in [-0.1, -0.05) is 51.3 Å². The van der Waals surface area contributed by atoms with Crippen molar-refractivity contribution in [2.45, 2.75) is 4.83 Å². The first-order chi connectivity index (χ1) is 9.45. The van der Waals surface area contributed by atoms with Crippen LogP contribution in [0.2, 0.25) is 10.0 Å². The van der Waals surface area contributed by atoms with Gasteiger partial charge in [0.25, 0.3) is 0 Å². The minimum atomic E-state index is -0.331. The summed E-state index contributed by atoms with van der Waals surface area (Å²) in [5.41, 5.74) is 1.47. The van der Waals surface area contributed by atoms with Crippen molar-refractivity contribution in [1.29, 1.82) is 0 Å². The molecule has 0 saturated heterocycles. The second-order valence-electron chi connectivity index (χ2n) is 4.01. The Labute approximate surface area is 143 Å². The Morgan fingerprint density at radius 3 is 2.50 bits per heavy atom. The summed E-state index contributed by atoms with van der Waals surface area (Å²) in [6.45, 7) is 0. The lowest BCUT2D eigenvalue weighted by Gasteiger charge is -2.16. The van der Waals surface area contributed by atoms with Gasteiger partial charge in [0.15, 0.2) is 0 Å². The average Bonchev–Trinajstić information content (AvgIpc) is 2.43. The lowest BCUT2D eigenvalue weighted by atomic mass is 10.0. The van der Waals surface area contributed by atoms with E-state index in [1.807, 2.05) is 0 Å². The van der Waals surface area contributed by atoms with E-state index in [0.717, 1.165) is 11.1 Å². The number of hydrogen-bond donors (Lipinski definition) is 0. The van der Waals surface area contributed by atoms with Gasteiger partial charge in [0.2, 0.25) is 0 Å². The molecule has 0 heterocycles. The monoisotopic (exact) mass is 440 g/mol. The Balaban J connectivity index is 2.51. The Hall–Kier alpha value is -0.290. The van der Waals surface area contributed by atoms with E-state index in [0.29, 0.717) is 20.3 Å². The molecule has 0 aliphatic heterocycles. The van der Waals surface area contributed by atoms with E-state index in [4.69, 9.17) is 27.9 Å². The molecule has 1 atom stereocenters. The van der Waals surface area contributed by atoms with Gasteiger partial charge in [0.1, 0.15) is 11.6 Å². The van der Waals surface area contributed by atoms with E-state index in [1.54, 1.807) is 24.3 Å². The highest BCUT2D eigenvalue weighted by atomic mass is 79.9. The molecule has 2 rings (SSSR count). The summed E-state index contributed by atoms with van der Waals surface area (Å²) in [7, 11) is 1.52. The third-order valence-corrected chi connectivity index (χ3v) is 5.24. The van der Waals surface area contributed by atoms with Crippen LogP contribution in [0.3, 0.4) is 0 Å². The smallest absolute Gasteiger partial charge is 0.138 e. The van der Waals surface area contributed by atoms with Crippen LogP contribution in [0.25, 0.3) is 0 Å².